The molecule has 0 bridgehead atoms. The first-order valence-corrected chi connectivity index (χ1v) is 11.7. The fourth-order valence-corrected chi connectivity index (χ4v) is 4.63. The first-order valence-electron chi connectivity index (χ1n) is 11.7. The van der Waals surface area contributed by atoms with Crippen LogP contribution in [0.2, 0.25) is 0 Å². The summed E-state index contributed by atoms with van der Waals surface area (Å²) in [5.41, 5.74) is 3.15. The molecule has 4 aromatic heterocycles. The maximum Gasteiger partial charge on any atom is 0.299 e. The van der Waals surface area contributed by atoms with E-state index in [-0.39, 0.29) is 5.91 Å². The standard InChI is InChI=1S/C24H26N8O2/c1-30-15-16(14-25-30)18-7-6-8-20(26-18)27-23(33)17-13-19-21(28-22(17)31-9-2-3-10-31)29-24(34-19)32-11-4-5-12-32/h6-8,13-15H,2-5,9-12H2,1H3,(H,26,27,33). The third kappa shape index (κ3) is 3.85. The van der Waals surface area contributed by atoms with E-state index < -0.39 is 0 Å². The lowest BCUT2D eigenvalue weighted by Crippen LogP contribution is -2.24. The maximum atomic E-state index is 13.4. The third-order valence-corrected chi connectivity index (χ3v) is 6.37. The van der Waals surface area contributed by atoms with Gasteiger partial charge in [0, 0.05) is 51.1 Å². The lowest BCUT2D eigenvalue weighted by atomic mass is 10.2. The van der Waals surface area contributed by atoms with Crippen LogP contribution in [0.1, 0.15) is 36.0 Å². The molecule has 0 unspecified atom stereocenters. The van der Waals surface area contributed by atoms with Crippen molar-refractivity contribution in [2.24, 2.45) is 7.05 Å². The topological polar surface area (TPSA) is 105 Å². The molecule has 174 valence electrons. The second-order valence-electron chi connectivity index (χ2n) is 8.83. The van der Waals surface area contributed by atoms with E-state index in [1.807, 2.05) is 25.4 Å². The van der Waals surface area contributed by atoms with Crippen molar-refractivity contribution < 1.29 is 9.21 Å². The molecule has 6 heterocycles. The number of nitrogens with one attached hydrogen (secondary N) is 1. The van der Waals surface area contributed by atoms with Gasteiger partial charge in [0.25, 0.3) is 11.9 Å². The van der Waals surface area contributed by atoms with Gasteiger partial charge in [-0.15, -0.1) is 0 Å². The molecular formula is C24H26N8O2. The number of fused-ring (bicyclic) bond motifs is 1. The largest absolute Gasteiger partial charge is 0.422 e. The first kappa shape index (κ1) is 20.6. The Kier molecular flexibility index (Phi) is 5.12. The molecule has 2 aliphatic rings. The van der Waals surface area contributed by atoms with Crippen LogP contribution in [0.15, 0.2) is 41.1 Å². The molecule has 0 radical (unpaired) electrons. The molecule has 0 saturated carbocycles. The summed E-state index contributed by atoms with van der Waals surface area (Å²) in [4.78, 5) is 31.7. The number of carbonyl (C=O) groups excluding carboxylic acids is 1. The molecule has 1 N–H and O–H groups in total. The zero-order valence-electron chi connectivity index (χ0n) is 19.1. The molecule has 34 heavy (non-hydrogen) atoms. The highest BCUT2D eigenvalue weighted by molar-refractivity contribution is 6.08. The van der Waals surface area contributed by atoms with Gasteiger partial charge in [-0.25, -0.2) is 9.97 Å². The minimum Gasteiger partial charge on any atom is -0.422 e. The maximum absolute atomic E-state index is 13.4. The molecule has 10 nitrogen and oxygen atoms in total. The Balaban J connectivity index is 1.34. The average molecular weight is 459 g/mol. The molecule has 2 aliphatic heterocycles. The lowest BCUT2D eigenvalue weighted by molar-refractivity contribution is 0.102. The van der Waals surface area contributed by atoms with Crippen LogP contribution in [0.25, 0.3) is 22.5 Å². The van der Waals surface area contributed by atoms with Gasteiger partial charge in [0.15, 0.2) is 5.58 Å². The van der Waals surface area contributed by atoms with Crippen molar-refractivity contribution in [1.29, 1.82) is 0 Å². The van der Waals surface area contributed by atoms with Gasteiger partial charge >= 0.3 is 0 Å². The summed E-state index contributed by atoms with van der Waals surface area (Å²) in [5, 5.41) is 7.15. The molecule has 10 heteroatoms. The molecule has 0 atom stereocenters. The van der Waals surface area contributed by atoms with E-state index in [2.05, 4.69) is 30.2 Å². The fourth-order valence-electron chi connectivity index (χ4n) is 4.63. The van der Waals surface area contributed by atoms with Gasteiger partial charge in [0.05, 0.1) is 17.5 Å². The number of carbonyl (C=O) groups is 1. The molecule has 2 fully saturated rings. The van der Waals surface area contributed by atoms with Crippen molar-refractivity contribution >= 4 is 34.8 Å². The Hall–Kier alpha value is -3.95. The van der Waals surface area contributed by atoms with Crippen LogP contribution in [0.4, 0.5) is 17.7 Å². The second kappa shape index (κ2) is 8.44. The van der Waals surface area contributed by atoms with E-state index in [0.717, 1.165) is 63.1 Å². The number of anilines is 3. The third-order valence-electron chi connectivity index (χ3n) is 6.37. The van der Waals surface area contributed by atoms with Crippen molar-refractivity contribution in [1.82, 2.24) is 24.7 Å². The average Bonchev–Trinajstić information content (AvgIpc) is 3.65. The van der Waals surface area contributed by atoms with Crippen LogP contribution in [-0.4, -0.2) is 56.8 Å². The molecule has 2 saturated heterocycles. The molecule has 4 aromatic rings. The smallest absolute Gasteiger partial charge is 0.299 e. The Morgan fingerprint density at radius 3 is 2.50 bits per heavy atom. The molecule has 6 rings (SSSR count). The number of hydrogen-bond donors (Lipinski definition) is 1. The number of oxazole rings is 1. The highest BCUT2D eigenvalue weighted by Crippen LogP contribution is 2.30. The number of aromatic nitrogens is 5. The van der Waals surface area contributed by atoms with Gasteiger partial charge in [-0.2, -0.15) is 10.1 Å². The van der Waals surface area contributed by atoms with E-state index in [4.69, 9.17) is 9.40 Å². The van der Waals surface area contributed by atoms with Gasteiger partial charge in [-0.1, -0.05) is 6.07 Å². The Bertz CT molecular complexity index is 1350. The van der Waals surface area contributed by atoms with Gasteiger partial charge in [-0.3, -0.25) is 9.48 Å². The van der Waals surface area contributed by atoms with Crippen LogP contribution in [0.5, 0.6) is 0 Å². The van der Waals surface area contributed by atoms with Gasteiger partial charge < -0.3 is 19.5 Å². The second-order valence-corrected chi connectivity index (χ2v) is 8.83. The quantitative estimate of drug-likeness (QED) is 0.485. The zero-order chi connectivity index (χ0) is 23.1. The summed E-state index contributed by atoms with van der Waals surface area (Å²) in [6, 6.07) is 7.88. The molecule has 0 aromatic carbocycles. The number of aryl methyl sites for hydroxylation is 1. The minimum absolute atomic E-state index is 0.272. The number of nitrogens with zero attached hydrogens (tertiary/aromatic N) is 7. The predicted octanol–water partition coefficient (Wildman–Crippen LogP) is 3.47. The number of pyridine rings is 2. The predicted molar refractivity (Wildman–Crippen MR) is 129 cm³/mol. The van der Waals surface area contributed by atoms with Crippen LogP contribution in [0, 0.1) is 0 Å². The monoisotopic (exact) mass is 458 g/mol. The van der Waals surface area contributed by atoms with Crippen molar-refractivity contribution in [3.05, 3.63) is 42.2 Å². The highest BCUT2D eigenvalue weighted by atomic mass is 16.4. The Labute approximate surface area is 196 Å². The molecule has 1 amide bonds. The Morgan fingerprint density at radius 2 is 1.76 bits per heavy atom. The zero-order valence-corrected chi connectivity index (χ0v) is 19.1. The summed E-state index contributed by atoms with van der Waals surface area (Å²) in [5.74, 6) is 0.840. The lowest BCUT2D eigenvalue weighted by Gasteiger charge is -2.19. The van der Waals surface area contributed by atoms with Crippen LogP contribution < -0.4 is 15.1 Å². The SMILES string of the molecule is Cn1cc(-c2cccc(NC(=O)c3cc4oc(N5CCCC5)nc4nc3N3CCCC3)n2)cn1. The summed E-state index contributed by atoms with van der Waals surface area (Å²) >= 11 is 0. The number of hydrogen-bond acceptors (Lipinski definition) is 8. The number of rotatable bonds is 5. The van der Waals surface area contributed by atoms with Crippen molar-refractivity contribution in [2.75, 3.05) is 41.3 Å². The van der Waals surface area contributed by atoms with Gasteiger partial charge in [0.1, 0.15) is 11.6 Å². The van der Waals surface area contributed by atoms with Crippen LogP contribution in [0.3, 0.4) is 0 Å². The van der Waals surface area contributed by atoms with E-state index in [9.17, 15) is 4.79 Å². The normalized spacial score (nSPS) is 16.0. The van der Waals surface area contributed by atoms with E-state index in [1.165, 1.54) is 0 Å². The molecule has 0 spiro atoms. The summed E-state index contributed by atoms with van der Waals surface area (Å²) in [6.07, 6.45) is 8.05. The van der Waals surface area contributed by atoms with Crippen molar-refractivity contribution in [3.63, 3.8) is 0 Å². The first-order chi connectivity index (χ1) is 16.6. The van der Waals surface area contributed by atoms with Gasteiger partial charge in [0.2, 0.25) is 5.65 Å². The summed E-state index contributed by atoms with van der Waals surface area (Å²) in [7, 11) is 1.86. The van der Waals surface area contributed by atoms with E-state index in [1.54, 1.807) is 23.0 Å². The van der Waals surface area contributed by atoms with E-state index >= 15 is 0 Å². The minimum atomic E-state index is -0.272. The van der Waals surface area contributed by atoms with Crippen LogP contribution in [-0.2, 0) is 7.05 Å². The van der Waals surface area contributed by atoms with Crippen LogP contribution >= 0.6 is 0 Å². The summed E-state index contributed by atoms with van der Waals surface area (Å²) in [6.45, 7) is 3.59. The number of amides is 1. The summed E-state index contributed by atoms with van der Waals surface area (Å²) < 4.78 is 7.74. The fraction of sp³-hybridized carbons (Fsp3) is 0.375. The highest BCUT2D eigenvalue weighted by Gasteiger charge is 2.26. The van der Waals surface area contributed by atoms with Crippen molar-refractivity contribution in [3.8, 4) is 11.3 Å². The van der Waals surface area contributed by atoms with Gasteiger partial charge in [-0.05, 0) is 37.8 Å². The molecule has 0 aliphatic carbocycles. The molecular weight excluding hydrogens is 432 g/mol. The van der Waals surface area contributed by atoms with E-state index in [0.29, 0.717) is 34.4 Å². The van der Waals surface area contributed by atoms with Crippen molar-refractivity contribution in [2.45, 2.75) is 25.7 Å². The Morgan fingerprint density at radius 1 is 1.00 bits per heavy atom.